The molecular weight excluding hydrogens is 441 g/mol. The number of H-pyrrole nitrogens is 1. The maximum atomic E-state index is 16.2. The number of fused-ring (bicyclic) bond motifs is 2. The Morgan fingerprint density at radius 3 is 2.54 bits per heavy atom. The fourth-order valence-corrected chi connectivity index (χ4v) is 6.28. The van der Waals surface area contributed by atoms with Gasteiger partial charge in [0.05, 0.1) is 36.3 Å². The fourth-order valence-electron chi connectivity index (χ4n) is 6.28. The van der Waals surface area contributed by atoms with Crippen molar-refractivity contribution in [3.63, 3.8) is 0 Å². The lowest BCUT2D eigenvalue weighted by Gasteiger charge is -2.34. The Kier molecular flexibility index (Phi) is 5.63. The van der Waals surface area contributed by atoms with E-state index in [9.17, 15) is 0 Å². The van der Waals surface area contributed by atoms with Gasteiger partial charge in [0.2, 0.25) is 0 Å². The zero-order valence-electron chi connectivity index (χ0n) is 21.1. The fraction of sp³-hybridized carbons (Fsp3) is 0.536. The van der Waals surface area contributed by atoms with Crippen molar-refractivity contribution in [2.24, 2.45) is 11.8 Å². The van der Waals surface area contributed by atoms with Gasteiger partial charge in [-0.2, -0.15) is 5.10 Å². The van der Waals surface area contributed by atoms with Crippen molar-refractivity contribution >= 4 is 16.6 Å². The molecule has 1 N–H and O–H groups in total. The van der Waals surface area contributed by atoms with Crippen molar-refractivity contribution in [1.82, 2.24) is 24.6 Å². The molecule has 1 aliphatic carbocycles. The molecule has 0 atom stereocenters. The number of hydrogen-bond donors (Lipinski definition) is 1. The lowest BCUT2D eigenvalue weighted by Crippen LogP contribution is -2.30. The van der Waals surface area contributed by atoms with Gasteiger partial charge in [0.15, 0.2) is 11.5 Å². The number of hydrogen-bond acceptors (Lipinski definition) is 4. The van der Waals surface area contributed by atoms with Gasteiger partial charge in [-0.1, -0.05) is 13.8 Å². The number of aryl methyl sites for hydroxylation is 1. The Morgan fingerprint density at radius 2 is 1.86 bits per heavy atom. The van der Waals surface area contributed by atoms with Crippen LogP contribution in [0.2, 0.25) is 0 Å². The standard InChI is InChI=1S/C28H34FN5O/c1-15(2)23-24-22(33-27(23)21-11-34-28(31-14-32-34)17(4)16(21)3)10-30-26(25(24)29)20-7-5-18(6-8-20)9-19-12-35-13-19/h10-11,14-15,18-20,33H,5-9,12-13H2,1-4H3. The second kappa shape index (κ2) is 8.70. The third-order valence-electron chi connectivity index (χ3n) is 8.43. The van der Waals surface area contributed by atoms with Gasteiger partial charge in [-0.3, -0.25) is 4.98 Å². The molecule has 6 rings (SSSR count). The summed E-state index contributed by atoms with van der Waals surface area (Å²) in [5.41, 5.74) is 7.47. The first kappa shape index (κ1) is 22.7. The number of aromatic amines is 1. The molecule has 2 fully saturated rings. The molecule has 7 heteroatoms. The Morgan fingerprint density at radius 1 is 1.09 bits per heavy atom. The van der Waals surface area contributed by atoms with Gasteiger partial charge in [-0.15, -0.1) is 0 Å². The minimum atomic E-state index is -0.138. The number of nitrogens with one attached hydrogen (secondary N) is 1. The number of halogens is 1. The highest BCUT2D eigenvalue weighted by molar-refractivity contribution is 5.92. The zero-order chi connectivity index (χ0) is 24.3. The average molecular weight is 476 g/mol. The minimum Gasteiger partial charge on any atom is -0.381 e. The summed E-state index contributed by atoms with van der Waals surface area (Å²) in [6.45, 7) is 10.3. The predicted octanol–water partition coefficient (Wildman–Crippen LogP) is 6.46. The number of aromatic nitrogens is 5. The van der Waals surface area contributed by atoms with Crippen LogP contribution in [0.15, 0.2) is 18.7 Å². The third kappa shape index (κ3) is 3.75. The van der Waals surface area contributed by atoms with E-state index in [1.165, 1.54) is 6.42 Å². The second-order valence-corrected chi connectivity index (χ2v) is 11.0. The van der Waals surface area contributed by atoms with Crippen LogP contribution in [0.4, 0.5) is 4.39 Å². The molecule has 0 unspecified atom stereocenters. The van der Waals surface area contributed by atoms with Gasteiger partial charge in [0.25, 0.3) is 0 Å². The molecule has 1 aliphatic heterocycles. The van der Waals surface area contributed by atoms with Crippen LogP contribution in [0.3, 0.4) is 0 Å². The molecule has 5 heterocycles. The Hall–Kier alpha value is -2.80. The number of pyridine rings is 2. The first-order chi connectivity index (χ1) is 16.9. The number of rotatable bonds is 5. The molecule has 35 heavy (non-hydrogen) atoms. The molecular formula is C28H34FN5O. The summed E-state index contributed by atoms with van der Waals surface area (Å²) in [6, 6.07) is 0. The highest BCUT2D eigenvalue weighted by Crippen LogP contribution is 2.43. The number of nitrogens with zero attached hydrogens (tertiary/aromatic N) is 4. The van der Waals surface area contributed by atoms with E-state index in [4.69, 9.17) is 4.74 Å². The third-order valence-corrected chi connectivity index (χ3v) is 8.43. The first-order valence-electron chi connectivity index (χ1n) is 13.0. The van der Waals surface area contributed by atoms with E-state index >= 15 is 4.39 Å². The smallest absolute Gasteiger partial charge is 0.158 e. The van der Waals surface area contributed by atoms with Gasteiger partial charge >= 0.3 is 0 Å². The summed E-state index contributed by atoms with van der Waals surface area (Å²) in [5.74, 6) is 1.69. The minimum absolute atomic E-state index is 0.138. The molecule has 0 spiro atoms. The van der Waals surface area contributed by atoms with Crippen molar-refractivity contribution in [3.05, 3.63) is 46.9 Å². The molecule has 0 amide bonds. The summed E-state index contributed by atoms with van der Waals surface area (Å²) >= 11 is 0. The largest absolute Gasteiger partial charge is 0.381 e. The van der Waals surface area contributed by atoms with Crippen LogP contribution in [0, 0.1) is 31.5 Å². The summed E-state index contributed by atoms with van der Waals surface area (Å²) in [4.78, 5) is 12.6. The van der Waals surface area contributed by atoms with E-state index in [0.717, 1.165) is 89.8 Å². The summed E-state index contributed by atoms with van der Waals surface area (Å²) in [6.07, 6.45) is 11.0. The quantitative estimate of drug-likeness (QED) is 0.360. The lowest BCUT2D eigenvalue weighted by molar-refractivity contribution is -0.0448. The SMILES string of the molecule is Cc1c(-c2[nH]c3cnc(C4CCC(CC5COC5)CC4)c(F)c3c2C(C)C)cn2ncnc2c1C. The average Bonchev–Trinajstić information content (AvgIpc) is 3.45. The van der Waals surface area contributed by atoms with Crippen LogP contribution >= 0.6 is 0 Å². The van der Waals surface area contributed by atoms with Crippen molar-refractivity contribution < 1.29 is 9.13 Å². The zero-order valence-corrected chi connectivity index (χ0v) is 21.1. The highest BCUT2D eigenvalue weighted by atomic mass is 19.1. The molecule has 2 aliphatic rings. The molecule has 184 valence electrons. The van der Waals surface area contributed by atoms with Gasteiger partial charge in [-0.05, 0) is 74.5 Å². The van der Waals surface area contributed by atoms with E-state index in [1.54, 1.807) is 6.33 Å². The Labute approximate surface area is 205 Å². The molecule has 4 aromatic heterocycles. The van der Waals surface area contributed by atoms with Crippen LogP contribution < -0.4 is 0 Å². The molecule has 1 saturated heterocycles. The Balaban J connectivity index is 1.39. The summed E-state index contributed by atoms with van der Waals surface area (Å²) < 4.78 is 23.4. The van der Waals surface area contributed by atoms with Crippen LogP contribution in [-0.4, -0.2) is 37.8 Å². The van der Waals surface area contributed by atoms with E-state index in [-0.39, 0.29) is 17.7 Å². The Bertz CT molecular complexity index is 1390. The first-order valence-corrected chi connectivity index (χ1v) is 13.0. The van der Waals surface area contributed by atoms with Crippen molar-refractivity contribution in [2.75, 3.05) is 13.2 Å². The van der Waals surface area contributed by atoms with E-state index in [1.807, 2.05) is 16.9 Å². The van der Waals surface area contributed by atoms with Crippen LogP contribution in [0.5, 0.6) is 0 Å². The molecule has 1 saturated carbocycles. The topological polar surface area (TPSA) is 68.1 Å². The normalized spacial score (nSPS) is 21.3. The van der Waals surface area contributed by atoms with Gasteiger partial charge in [0.1, 0.15) is 6.33 Å². The second-order valence-electron chi connectivity index (χ2n) is 11.0. The van der Waals surface area contributed by atoms with Crippen molar-refractivity contribution in [3.8, 4) is 11.3 Å². The highest BCUT2D eigenvalue weighted by Gasteiger charge is 2.31. The lowest BCUT2D eigenvalue weighted by atomic mass is 9.76. The molecule has 0 radical (unpaired) electrons. The summed E-state index contributed by atoms with van der Waals surface area (Å²) in [7, 11) is 0. The monoisotopic (exact) mass is 475 g/mol. The molecule has 0 aromatic carbocycles. The van der Waals surface area contributed by atoms with E-state index < -0.39 is 0 Å². The van der Waals surface area contributed by atoms with Crippen molar-refractivity contribution in [2.45, 2.75) is 71.6 Å². The van der Waals surface area contributed by atoms with Gasteiger partial charge in [-0.25, -0.2) is 13.9 Å². The number of ether oxygens (including phenoxy) is 1. The van der Waals surface area contributed by atoms with Crippen molar-refractivity contribution in [1.29, 1.82) is 0 Å². The van der Waals surface area contributed by atoms with E-state index in [0.29, 0.717) is 11.1 Å². The van der Waals surface area contributed by atoms with Gasteiger partial charge < -0.3 is 9.72 Å². The van der Waals surface area contributed by atoms with Crippen LogP contribution in [0.25, 0.3) is 27.8 Å². The molecule has 0 bridgehead atoms. The maximum Gasteiger partial charge on any atom is 0.158 e. The maximum absolute atomic E-state index is 16.2. The van der Waals surface area contributed by atoms with Gasteiger partial charge in [0, 0.05) is 29.0 Å². The van der Waals surface area contributed by atoms with E-state index in [2.05, 4.69) is 47.7 Å². The van der Waals surface area contributed by atoms with Crippen LogP contribution in [0.1, 0.15) is 80.2 Å². The summed E-state index contributed by atoms with van der Waals surface area (Å²) in [5, 5.41) is 5.06. The molecule has 4 aromatic rings. The van der Waals surface area contributed by atoms with Crippen LogP contribution in [-0.2, 0) is 4.74 Å². The molecule has 6 nitrogen and oxygen atoms in total. The predicted molar refractivity (Wildman–Crippen MR) is 135 cm³/mol.